The number of hydrogen-bond acceptors (Lipinski definition) is 2. The average molecular weight is 263 g/mol. The van der Waals surface area contributed by atoms with Crippen molar-refractivity contribution in [2.45, 2.75) is 39.8 Å². The highest BCUT2D eigenvalue weighted by molar-refractivity contribution is 7.11. The van der Waals surface area contributed by atoms with Crippen LogP contribution in [-0.4, -0.2) is 9.67 Å². The summed E-state index contributed by atoms with van der Waals surface area (Å²) in [6, 6.07) is 6.41. The first-order chi connectivity index (χ1) is 8.60. The Labute approximate surface area is 113 Å². The Kier molecular flexibility index (Phi) is 4.25. The Morgan fingerprint density at radius 2 is 1.94 bits per heavy atom. The van der Waals surface area contributed by atoms with Crippen molar-refractivity contribution >= 4 is 11.3 Å². The van der Waals surface area contributed by atoms with Crippen LogP contribution in [0.3, 0.4) is 0 Å². The summed E-state index contributed by atoms with van der Waals surface area (Å²) in [6.45, 7) is 7.15. The second-order valence-corrected chi connectivity index (χ2v) is 6.28. The normalized spacial score (nSPS) is 13.2. The van der Waals surface area contributed by atoms with E-state index in [2.05, 4.69) is 29.8 Å². The summed E-state index contributed by atoms with van der Waals surface area (Å²) in [5, 5.41) is 10.0. The average Bonchev–Trinajstić information content (AvgIpc) is 2.97. The minimum Gasteiger partial charge on any atom is -0.388 e. The maximum absolute atomic E-state index is 10.0. The molecule has 0 bridgehead atoms. The summed E-state index contributed by atoms with van der Waals surface area (Å²) in [5.41, 5.74) is 1.01. The van der Waals surface area contributed by atoms with E-state index >= 15 is 0 Å². The Morgan fingerprint density at radius 3 is 2.56 bits per heavy atom. The van der Waals surface area contributed by atoms with Crippen molar-refractivity contribution < 1.29 is 5.11 Å². The second-order valence-electron chi connectivity index (χ2n) is 5.03. The molecular weight excluding hydrogens is 242 g/mol. The molecule has 0 radical (unpaired) electrons. The van der Waals surface area contributed by atoms with Gasteiger partial charge in [-0.15, -0.1) is 11.3 Å². The first kappa shape index (κ1) is 13.4. The van der Waals surface area contributed by atoms with E-state index in [4.69, 9.17) is 0 Å². The number of nitrogens with zero attached hydrogens (tertiary/aromatic N) is 1. The molecule has 0 fully saturated rings. The Bertz CT molecular complexity index is 498. The van der Waals surface area contributed by atoms with Crippen molar-refractivity contribution in [3.05, 3.63) is 45.9 Å². The van der Waals surface area contributed by atoms with E-state index < -0.39 is 0 Å². The second kappa shape index (κ2) is 5.72. The fraction of sp³-hybridized carbons (Fsp3) is 0.467. The number of aliphatic hydroxyl groups is 1. The number of rotatable bonds is 5. The minimum atomic E-state index is -0.360. The molecule has 0 aromatic carbocycles. The summed E-state index contributed by atoms with van der Waals surface area (Å²) >= 11 is 1.87. The third-order valence-electron chi connectivity index (χ3n) is 3.15. The molecule has 0 aliphatic carbocycles. The van der Waals surface area contributed by atoms with Crippen LogP contribution < -0.4 is 0 Å². The molecular formula is C15H21NOS. The number of aromatic nitrogens is 1. The van der Waals surface area contributed by atoms with Gasteiger partial charge in [-0.1, -0.05) is 20.8 Å². The van der Waals surface area contributed by atoms with Gasteiger partial charge in [0.15, 0.2) is 0 Å². The van der Waals surface area contributed by atoms with E-state index in [1.807, 2.05) is 37.4 Å². The highest BCUT2D eigenvalue weighted by Crippen LogP contribution is 2.23. The summed E-state index contributed by atoms with van der Waals surface area (Å²) in [4.78, 5) is 2.80. The monoisotopic (exact) mass is 263 g/mol. The number of aliphatic hydroxyl groups excluding tert-OH is 1. The van der Waals surface area contributed by atoms with Crippen molar-refractivity contribution in [2.75, 3.05) is 0 Å². The molecule has 2 aromatic rings. The van der Waals surface area contributed by atoms with E-state index in [0.29, 0.717) is 0 Å². The van der Waals surface area contributed by atoms with E-state index in [1.54, 1.807) is 0 Å². The molecule has 0 amide bonds. The predicted molar refractivity (Wildman–Crippen MR) is 77.0 cm³/mol. The standard InChI is InChI=1S/C15H21NOS/c1-4-13-5-6-14(18-13)10-16-8-7-12(9-16)15(17)11(2)3/h5-9,11,15,17H,4,10H2,1-3H3. The van der Waals surface area contributed by atoms with Crippen LogP contribution in [-0.2, 0) is 13.0 Å². The van der Waals surface area contributed by atoms with Crippen LogP contribution in [0.2, 0.25) is 0 Å². The maximum Gasteiger partial charge on any atom is 0.0827 e. The SMILES string of the molecule is CCc1ccc(Cn2ccc(C(O)C(C)C)c2)s1. The first-order valence-corrected chi connectivity index (χ1v) is 7.33. The molecule has 3 heteroatoms. The van der Waals surface area contributed by atoms with Crippen molar-refractivity contribution in [2.24, 2.45) is 5.92 Å². The van der Waals surface area contributed by atoms with Gasteiger partial charge in [-0.05, 0) is 36.1 Å². The van der Waals surface area contributed by atoms with Crippen LogP contribution in [0.15, 0.2) is 30.6 Å². The van der Waals surface area contributed by atoms with Crippen LogP contribution in [0, 0.1) is 5.92 Å². The Balaban J connectivity index is 2.06. The van der Waals surface area contributed by atoms with Gasteiger partial charge in [-0.2, -0.15) is 0 Å². The maximum atomic E-state index is 10.0. The fourth-order valence-corrected chi connectivity index (χ4v) is 2.96. The Hall–Kier alpha value is -1.06. The summed E-state index contributed by atoms with van der Waals surface area (Å²) < 4.78 is 2.15. The van der Waals surface area contributed by atoms with Gasteiger partial charge in [-0.25, -0.2) is 0 Å². The van der Waals surface area contributed by atoms with Gasteiger partial charge in [0.05, 0.1) is 12.6 Å². The lowest BCUT2D eigenvalue weighted by atomic mass is 10.0. The highest BCUT2D eigenvalue weighted by Gasteiger charge is 2.13. The molecule has 0 aliphatic rings. The van der Waals surface area contributed by atoms with E-state index in [-0.39, 0.29) is 12.0 Å². The molecule has 2 rings (SSSR count). The molecule has 1 unspecified atom stereocenters. The fourth-order valence-electron chi connectivity index (χ4n) is 1.99. The van der Waals surface area contributed by atoms with E-state index in [0.717, 1.165) is 18.5 Å². The zero-order valence-electron chi connectivity index (χ0n) is 11.3. The van der Waals surface area contributed by atoms with Gasteiger partial charge >= 0.3 is 0 Å². The van der Waals surface area contributed by atoms with Crippen LogP contribution in [0.25, 0.3) is 0 Å². The van der Waals surface area contributed by atoms with Gasteiger partial charge in [0, 0.05) is 22.1 Å². The lowest BCUT2D eigenvalue weighted by Crippen LogP contribution is -2.04. The van der Waals surface area contributed by atoms with Gasteiger partial charge in [0.25, 0.3) is 0 Å². The van der Waals surface area contributed by atoms with Gasteiger partial charge in [0.1, 0.15) is 0 Å². The third-order valence-corrected chi connectivity index (χ3v) is 4.36. The molecule has 0 saturated heterocycles. The molecule has 2 nitrogen and oxygen atoms in total. The minimum absolute atomic E-state index is 0.259. The third kappa shape index (κ3) is 3.03. The van der Waals surface area contributed by atoms with Crippen LogP contribution >= 0.6 is 11.3 Å². The van der Waals surface area contributed by atoms with Crippen LogP contribution in [0.4, 0.5) is 0 Å². The van der Waals surface area contributed by atoms with Crippen molar-refractivity contribution in [3.63, 3.8) is 0 Å². The van der Waals surface area contributed by atoms with Gasteiger partial charge < -0.3 is 9.67 Å². The molecule has 1 N–H and O–H groups in total. The topological polar surface area (TPSA) is 25.2 Å². The number of hydrogen-bond donors (Lipinski definition) is 1. The van der Waals surface area contributed by atoms with Crippen molar-refractivity contribution in [3.8, 4) is 0 Å². The number of thiophene rings is 1. The molecule has 2 heterocycles. The molecule has 0 saturated carbocycles. The molecule has 1 atom stereocenters. The van der Waals surface area contributed by atoms with Crippen LogP contribution in [0.1, 0.15) is 42.2 Å². The molecule has 2 aromatic heterocycles. The van der Waals surface area contributed by atoms with Crippen molar-refractivity contribution in [1.29, 1.82) is 0 Å². The molecule has 18 heavy (non-hydrogen) atoms. The molecule has 98 valence electrons. The lowest BCUT2D eigenvalue weighted by molar-refractivity contribution is 0.127. The summed E-state index contributed by atoms with van der Waals surface area (Å²) in [7, 11) is 0. The zero-order valence-corrected chi connectivity index (χ0v) is 12.1. The molecule has 0 spiro atoms. The highest BCUT2D eigenvalue weighted by atomic mass is 32.1. The smallest absolute Gasteiger partial charge is 0.0827 e. The molecule has 0 aliphatic heterocycles. The number of aryl methyl sites for hydroxylation is 1. The largest absolute Gasteiger partial charge is 0.388 e. The zero-order chi connectivity index (χ0) is 13.1. The summed E-state index contributed by atoms with van der Waals surface area (Å²) in [6.07, 6.45) is 4.84. The van der Waals surface area contributed by atoms with E-state index in [1.165, 1.54) is 9.75 Å². The lowest BCUT2D eigenvalue weighted by Gasteiger charge is -2.12. The van der Waals surface area contributed by atoms with Crippen molar-refractivity contribution in [1.82, 2.24) is 4.57 Å². The summed E-state index contributed by atoms with van der Waals surface area (Å²) in [5.74, 6) is 0.259. The van der Waals surface area contributed by atoms with Gasteiger partial charge in [-0.3, -0.25) is 0 Å². The Morgan fingerprint density at radius 1 is 1.22 bits per heavy atom. The quantitative estimate of drug-likeness (QED) is 0.871. The first-order valence-electron chi connectivity index (χ1n) is 6.51. The predicted octanol–water partition coefficient (Wildman–Crippen LogP) is 3.85. The van der Waals surface area contributed by atoms with Crippen LogP contribution in [0.5, 0.6) is 0 Å². The van der Waals surface area contributed by atoms with E-state index in [9.17, 15) is 5.11 Å². The van der Waals surface area contributed by atoms with Gasteiger partial charge in [0.2, 0.25) is 0 Å².